The van der Waals surface area contributed by atoms with E-state index in [0.29, 0.717) is 18.3 Å². The molecule has 4 rings (SSSR count). The number of imidazole rings is 1. The summed E-state index contributed by atoms with van der Waals surface area (Å²) in [5.74, 6) is 0.438. The van der Waals surface area contributed by atoms with E-state index in [1.807, 2.05) is 0 Å². The number of aliphatic hydroxyl groups is 2. The minimum atomic E-state index is -5.22. The number of rotatable bonds is 7. The van der Waals surface area contributed by atoms with Gasteiger partial charge in [-0.05, 0) is 24.4 Å². The number of nitrogens with zero attached hydrogens (tertiary/aromatic N) is 4. The average Bonchev–Trinajstić information content (AvgIpc) is 3.41. The third-order valence-electron chi connectivity index (χ3n) is 5.73. The molecule has 1 unspecified atom stereocenters. The highest BCUT2D eigenvalue weighted by Gasteiger charge is 2.49. The number of aliphatic hydroxyl groups excluding tert-OH is 2. The summed E-state index contributed by atoms with van der Waals surface area (Å²) in [7, 11) is -5.22. The first kappa shape index (κ1) is 23.7. The molecule has 1 saturated carbocycles. The highest BCUT2D eigenvalue weighted by molar-refractivity contribution is 7.53. The maximum atomic E-state index is 14.1. The van der Waals surface area contributed by atoms with Crippen LogP contribution in [-0.2, 0) is 14.0 Å². The zero-order valence-electron chi connectivity index (χ0n) is 17.0. The summed E-state index contributed by atoms with van der Waals surface area (Å²) in [6.45, 7) is -0.145. The number of hydrogen-bond acceptors (Lipinski definition) is 9. The van der Waals surface area contributed by atoms with Gasteiger partial charge in [0.2, 0.25) is 5.28 Å². The van der Waals surface area contributed by atoms with Crippen LogP contribution >= 0.6 is 19.2 Å². The number of fused-ring (bicyclic) bond motifs is 1. The number of hydrogen-bond donors (Lipinski definition) is 5. The molecule has 12 nitrogen and oxygen atoms in total. The number of nitrogens with one attached hydrogen (secondary N) is 1. The fourth-order valence-corrected chi connectivity index (χ4v) is 4.26. The Kier molecular flexibility index (Phi) is 6.47. The van der Waals surface area contributed by atoms with Crippen LogP contribution in [0, 0.1) is 0 Å². The Labute approximate surface area is 186 Å². The van der Waals surface area contributed by atoms with E-state index in [0.717, 1.165) is 25.7 Å². The molecule has 5 atom stereocenters. The average molecular weight is 496 g/mol. The molecule has 1 saturated heterocycles. The summed E-state index contributed by atoms with van der Waals surface area (Å²) in [5, 5.41) is 24.1. The SMILES string of the molecule is CC(F)(OC[C@H]1O[C@@H](n2cnc3c(NC4CCCC4)nc(Cl)nc32)[C@H](O)[C@@H]1O)P(=O)(O)O. The molecule has 0 bridgehead atoms. The summed E-state index contributed by atoms with van der Waals surface area (Å²) in [4.78, 5) is 30.7. The maximum Gasteiger partial charge on any atom is 0.389 e. The molecule has 0 spiro atoms. The van der Waals surface area contributed by atoms with Crippen molar-refractivity contribution in [3.8, 4) is 0 Å². The Morgan fingerprint density at radius 3 is 2.69 bits per heavy atom. The van der Waals surface area contributed by atoms with Crippen LogP contribution in [0.4, 0.5) is 10.2 Å². The van der Waals surface area contributed by atoms with Crippen LogP contribution in [0.1, 0.15) is 38.8 Å². The predicted molar refractivity (Wildman–Crippen MR) is 110 cm³/mol. The lowest BCUT2D eigenvalue weighted by Gasteiger charge is -2.24. The highest BCUT2D eigenvalue weighted by atomic mass is 35.5. The molecule has 2 aromatic heterocycles. The quantitative estimate of drug-likeness (QED) is 0.277. The van der Waals surface area contributed by atoms with E-state index in [-0.39, 0.29) is 17.0 Å². The number of alkyl halides is 1. The van der Waals surface area contributed by atoms with E-state index < -0.39 is 44.3 Å². The molecule has 1 aliphatic heterocycles. The first-order valence-electron chi connectivity index (χ1n) is 10.0. The third-order valence-corrected chi connectivity index (χ3v) is 7.07. The van der Waals surface area contributed by atoms with Gasteiger partial charge in [-0.2, -0.15) is 14.4 Å². The Bertz CT molecular complexity index is 1030. The summed E-state index contributed by atoms with van der Waals surface area (Å²) in [6, 6.07) is 0.232. The topological polar surface area (TPSA) is 172 Å². The van der Waals surface area contributed by atoms with Crippen LogP contribution in [0.15, 0.2) is 6.33 Å². The second-order valence-corrected chi connectivity index (χ2v) is 10.3. The number of ether oxygens (including phenoxy) is 2. The molecule has 0 aromatic carbocycles. The van der Waals surface area contributed by atoms with Gasteiger partial charge in [-0.1, -0.05) is 12.8 Å². The van der Waals surface area contributed by atoms with Crippen molar-refractivity contribution in [2.24, 2.45) is 0 Å². The fourth-order valence-electron chi connectivity index (χ4n) is 3.86. The lowest BCUT2D eigenvalue weighted by Crippen LogP contribution is -2.36. The zero-order chi connectivity index (χ0) is 23.3. The van der Waals surface area contributed by atoms with E-state index in [1.165, 1.54) is 10.9 Å². The highest BCUT2D eigenvalue weighted by Crippen LogP contribution is 2.52. The van der Waals surface area contributed by atoms with Crippen molar-refractivity contribution in [1.29, 1.82) is 0 Å². The number of halogens is 2. The molecule has 1 aliphatic carbocycles. The largest absolute Gasteiger partial charge is 0.389 e. The summed E-state index contributed by atoms with van der Waals surface area (Å²) in [6.07, 6.45) is 0.0649. The normalized spacial score (nSPS) is 29.0. The van der Waals surface area contributed by atoms with Gasteiger partial charge in [0, 0.05) is 13.0 Å². The Hall–Kier alpha value is -1.44. The minimum absolute atomic E-state index is 0.0532. The smallest absolute Gasteiger partial charge is 0.387 e. The van der Waals surface area contributed by atoms with Crippen molar-refractivity contribution < 1.29 is 38.4 Å². The molecule has 0 radical (unpaired) electrons. The Morgan fingerprint density at radius 1 is 1.34 bits per heavy atom. The van der Waals surface area contributed by atoms with E-state index in [2.05, 4.69) is 25.0 Å². The fraction of sp³-hybridized carbons (Fsp3) is 0.706. The van der Waals surface area contributed by atoms with Crippen LogP contribution in [0.25, 0.3) is 11.2 Å². The standard InChI is InChI=1S/C17H24ClFN5O7P/c1-17(19,32(27,28)29)30-6-9-11(25)12(26)15(31-9)24-7-20-10-13(21-8-4-2-3-5-8)22-16(18)23-14(10)24/h7-9,11-12,15,25-26H,2-6H2,1H3,(H,21,22,23)(H2,27,28,29)/t9-,11-,12-,15-,17?/m1/s1. The number of anilines is 1. The van der Waals surface area contributed by atoms with Crippen molar-refractivity contribution in [3.05, 3.63) is 11.6 Å². The molecular formula is C17H24ClFN5O7P. The molecule has 3 heterocycles. The Balaban J connectivity index is 1.56. The van der Waals surface area contributed by atoms with Gasteiger partial charge in [-0.15, -0.1) is 0 Å². The van der Waals surface area contributed by atoms with Gasteiger partial charge in [0.1, 0.15) is 18.3 Å². The van der Waals surface area contributed by atoms with Crippen molar-refractivity contribution in [2.45, 2.75) is 68.8 Å². The van der Waals surface area contributed by atoms with Crippen LogP contribution in [-0.4, -0.2) is 76.1 Å². The first-order chi connectivity index (χ1) is 15.0. The molecular weight excluding hydrogens is 472 g/mol. The lowest BCUT2D eigenvalue weighted by molar-refractivity contribution is -0.133. The van der Waals surface area contributed by atoms with Gasteiger partial charge in [0.15, 0.2) is 23.2 Å². The van der Waals surface area contributed by atoms with E-state index in [4.69, 9.17) is 26.1 Å². The van der Waals surface area contributed by atoms with Crippen molar-refractivity contribution in [3.63, 3.8) is 0 Å². The van der Waals surface area contributed by atoms with E-state index >= 15 is 0 Å². The van der Waals surface area contributed by atoms with Crippen molar-refractivity contribution in [2.75, 3.05) is 11.9 Å². The lowest BCUT2D eigenvalue weighted by atomic mass is 10.1. The zero-order valence-corrected chi connectivity index (χ0v) is 18.7. The van der Waals surface area contributed by atoms with E-state index in [9.17, 15) is 19.2 Å². The molecule has 0 amide bonds. The van der Waals surface area contributed by atoms with Crippen molar-refractivity contribution in [1.82, 2.24) is 19.5 Å². The Morgan fingerprint density at radius 2 is 2.03 bits per heavy atom. The predicted octanol–water partition coefficient (Wildman–Crippen LogP) is 1.29. The molecule has 5 N–H and O–H groups in total. The molecule has 15 heteroatoms. The molecule has 178 valence electrons. The third kappa shape index (κ3) is 4.48. The van der Waals surface area contributed by atoms with Crippen LogP contribution in [0.5, 0.6) is 0 Å². The van der Waals surface area contributed by atoms with Crippen LogP contribution in [0.3, 0.4) is 0 Å². The second kappa shape index (κ2) is 8.73. The van der Waals surface area contributed by atoms with Gasteiger partial charge in [-0.25, -0.2) is 4.98 Å². The second-order valence-electron chi connectivity index (χ2n) is 8.06. The number of aromatic nitrogens is 4. The van der Waals surface area contributed by atoms with Gasteiger partial charge in [0.05, 0.1) is 12.9 Å². The molecule has 2 aromatic rings. The molecule has 2 fully saturated rings. The first-order valence-corrected chi connectivity index (χ1v) is 12.0. The van der Waals surface area contributed by atoms with E-state index in [1.54, 1.807) is 0 Å². The monoisotopic (exact) mass is 495 g/mol. The summed E-state index contributed by atoms with van der Waals surface area (Å²) >= 11 is 6.09. The molecule has 2 aliphatic rings. The van der Waals surface area contributed by atoms with Gasteiger partial charge in [-0.3, -0.25) is 9.13 Å². The van der Waals surface area contributed by atoms with Crippen molar-refractivity contribution >= 4 is 36.2 Å². The van der Waals surface area contributed by atoms with Gasteiger partial charge in [0.25, 0.3) is 0 Å². The van der Waals surface area contributed by atoms with Gasteiger partial charge < -0.3 is 34.8 Å². The minimum Gasteiger partial charge on any atom is -0.387 e. The maximum absolute atomic E-state index is 14.1. The summed E-state index contributed by atoms with van der Waals surface area (Å²) in [5.41, 5.74) is -2.64. The summed E-state index contributed by atoms with van der Waals surface area (Å²) < 4.78 is 36.9. The molecule has 32 heavy (non-hydrogen) atoms. The van der Waals surface area contributed by atoms with Crippen LogP contribution < -0.4 is 5.32 Å². The van der Waals surface area contributed by atoms with Gasteiger partial charge >= 0.3 is 13.2 Å². The van der Waals surface area contributed by atoms with Crippen LogP contribution in [0.2, 0.25) is 5.28 Å².